The lowest BCUT2D eigenvalue weighted by Crippen LogP contribution is -2.64. The highest BCUT2D eigenvalue weighted by Crippen LogP contribution is 2.33. The Morgan fingerprint density at radius 1 is 0.828 bits per heavy atom. The monoisotopic (exact) mass is 477 g/mol. The minimum Gasteiger partial charge on any atom is -0.467 e. The van der Waals surface area contributed by atoms with Gasteiger partial charge in [0.05, 0.1) is 7.11 Å². The van der Waals surface area contributed by atoms with Crippen LogP contribution in [0.5, 0.6) is 0 Å². The van der Waals surface area contributed by atoms with E-state index in [1.165, 1.54) is 0 Å². The highest BCUT2D eigenvalue weighted by atomic mass is 35.6. The molecule has 1 rings (SSSR count). The lowest BCUT2D eigenvalue weighted by Gasteiger charge is -2.43. The van der Waals surface area contributed by atoms with Gasteiger partial charge in [0.2, 0.25) is 18.3 Å². The van der Waals surface area contributed by atoms with Crippen molar-refractivity contribution in [1.29, 1.82) is 5.41 Å². The van der Waals surface area contributed by atoms with E-state index in [0.29, 0.717) is 0 Å². The van der Waals surface area contributed by atoms with E-state index in [9.17, 15) is 19.2 Å². The molecule has 1 aliphatic heterocycles. The largest absolute Gasteiger partial charge is 0.467 e. The fourth-order valence-electron chi connectivity index (χ4n) is 2.36. The first-order valence-electron chi connectivity index (χ1n) is 7.85. The molecule has 164 valence electrons. The van der Waals surface area contributed by atoms with E-state index >= 15 is 0 Å². The Kier molecular flexibility index (Phi) is 8.94. The molecule has 0 spiro atoms. The third-order valence-electron chi connectivity index (χ3n) is 3.33. The molecule has 0 aromatic heterocycles. The number of ether oxygens (including phenoxy) is 6. The van der Waals surface area contributed by atoms with Gasteiger partial charge in [-0.15, -0.1) is 0 Å². The van der Waals surface area contributed by atoms with Crippen molar-refractivity contribution >= 4 is 64.6 Å². The van der Waals surface area contributed by atoms with Crippen molar-refractivity contribution in [1.82, 2.24) is 0 Å². The number of esters is 4. The third-order valence-corrected chi connectivity index (χ3v) is 3.84. The smallest absolute Gasteiger partial charge is 0.339 e. The summed E-state index contributed by atoms with van der Waals surface area (Å²) in [5.41, 5.74) is 0. The van der Waals surface area contributed by atoms with Gasteiger partial charge < -0.3 is 28.4 Å². The molecule has 1 N–H and O–H groups in total. The summed E-state index contributed by atoms with van der Waals surface area (Å²) in [4.78, 5) is 46.9. The molecule has 0 aromatic rings. The topological polar surface area (TPSA) is 148 Å². The molecule has 0 bridgehead atoms. The molecule has 0 amide bonds. The van der Waals surface area contributed by atoms with Crippen molar-refractivity contribution in [2.45, 2.75) is 55.3 Å². The Hall–Kier alpha value is -1.82. The Morgan fingerprint density at radius 3 is 1.69 bits per heavy atom. The molecule has 14 heteroatoms. The number of carbonyl (C=O) groups is 4. The van der Waals surface area contributed by atoms with Crippen LogP contribution in [0.4, 0.5) is 0 Å². The van der Waals surface area contributed by atoms with Crippen LogP contribution < -0.4 is 0 Å². The zero-order chi connectivity index (χ0) is 22.5. The van der Waals surface area contributed by atoms with Gasteiger partial charge in [-0.1, -0.05) is 34.8 Å². The second kappa shape index (κ2) is 10.3. The number of carbonyl (C=O) groups excluding carboxylic acids is 4. The third kappa shape index (κ3) is 7.18. The molecule has 1 fully saturated rings. The van der Waals surface area contributed by atoms with Gasteiger partial charge in [-0.25, -0.2) is 4.79 Å². The predicted molar refractivity (Wildman–Crippen MR) is 96.4 cm³/mol. The molecule has 29 heavy (non-hydrogen) atoms. The van der Waals surface area contributed by atoms with Crippen LogP contribution in [0.2, 0.25) is 0 Å². The maximum atomic E-state index is 12.2. The van der Waals surface area contributed by atoms with Crippen LogP contribution in [-0.4, -0.2) is 71.4 Å². The van der Waals surface area contributed by atoms with E-state index in [1.54, 1.807) is 0 Å². The van der Waals surface area contributed by atoms with Crippen LogP contribution in [0.1, 0.15) is 20.8 Å². The fourth-order valence-corrected chi connectivity index (χ4v) is 2.49. The normalized spacial score (nSPS) is 26.7. The summed E-state index contributed by atoms with van der Waals surface area (Å²) >= 11 is 16.7. The molecule has 11 nitrogen and oxygen atoms in total. The van der Waals surface area contributed by atoms with E-state index in [1.807, 2.05) is 0 Å². The van der Waals surface area contributed by atoms with Crippen molar-refractivity contribution in [2.75, 3.05) is 7.11 Å². The first kappa shape index (κ1) is 25.2. The molecule has 1 heterocycles. The molecule has 5 atom stereocenters. The van der Waals surface area contributed by atoms with Crippen LogP contribution in [0.15, 0.2) is 0 Å². The molecule has 5 unspecified atom stereocenters. The number of methoxy groups -OCH3 is 1. The average molecular weight is 479 g/mol. The first-order chi connectivity index (χ1) is 13.3. The van der Waals surface area contributed by atoms with Gasteiger partial charge >= 0.3 is 23.9 Å². The number of hydrogen-bond donors (Lipinski definition) is 1. The van der Waals surface area contributed by atoms with E-state index < -0.39 is 64.3 Å². The highest BCUT2D eigenvalue weighted by molar-refractivity contribution is 6.76. The summed E-state index contributed by atoms with van der Waals surface area (Å²) in [6, 6.07) is 0. The van der Waals surface area contributed by atoms with Crippen molar-refractivity contribution in [3.8, 4) is 0 Å². The number of alkyl halides is 3. The van der Waals surface area contributed by atoms with E-state index in [2.05, 4.69) is 4.74 Å². The van der Waals surface area contributed by atoms with Crippen molar-refractivity contribution in [3.63, 3.8) is 0 Å². The standard InChI is InChI=1S/C15H18Cl3NO10/c1-5(20)25-8-9(26-6(2)21)11(27-7(3)22)13(28-10(8)12(23)24-4)29-14(19)15(16,17)18/h8-11,13,19H,1-4H3. The summed E-state index contributed by atoms with van der Waals surface area (Å²) in [6.45, 7) is 3.08. The molecule has 1 saturated heterocycles. The lowest BCUT2D eigenvalue weighted by molar-refractivity contribution is -0.285. The summed E-state index contributed by atoms with van der Waals surface area (Å²) in [5, 5.41) is 7.69. The zero-order valence-electron chi connectivity index (χ0n) is 15.6. The Labute approximate surface area is 180 Å². The maximum absolute atomic E-state index is 12.2. The van der Waals surface area contributed by atoms with Crippen LogP contribution in [-0.2, 0) is 47.6 Å². The van der Waals surface area contributed by atoms with Crippen LogP contribution in [0.25, 0.3) is 0 Å². The SMILES string of the molecule is COC(=O)C1OC(OC(=N)C(Cl)(Cl)Cl)C(OC(C)=O)C(OC(C)=O)C1OC(C)=O. The van der Waals surface area contributed by atoms with Gasteiger partial charge in [0.25, 0.3) is 3.79 Å². The van der Waals surface area contributed by atoms with Gasteiger partial charge in [-0.3, -0.25) is 19.8 Å². The maximum Gasteiger partial charge on any atom is 0.339 e. The van der Waals surface area contributed by atoms with E-state index in [0.717, 1.165) is 27.9 Å². The zero-order valence-corrected chi connectivity index (χ0v) is 17.9. The second-order valence-electron chi connectivity index (χ2n) is 5.62. The average Bonchev–Trinajstić information content (AvgIpc) is 2.56. The van der Waals surface area contributed by atoms with Gasteiger partial charge in [-0.2, -0.15) is 0 Å². The molecule has 0 aromatic carbocycles. The number of nitrogens with one attached hydrogen (secondary N) is 1. The van der Waals surface area contributed by atoms with Crippen LogP contribution in [0.3, 0.4) is 0 Å². The Morgan fingerprint density at radius 2 is 1.28 bits per heavy atom. The Balaban J connectivity index is 3.44. The van der Waals surface area contributed by atoms with Crippen molar-refractivity contribution in [2.24, 2.45) is 0 Å². The number of hydrogen-bond acceptors (Lipinski definition) is 11. The van der Waals surface area contributed by atoms with Crippen LogP contribution in [0, 0.1) is 5.41 Å². The summed E-state index contributed by atoms with van der Waals surface area (Å²) in [7, 11) is 1.02. The van der Waals surface area contributed by atoms with Gasteiger partial charge in [0.15, 0.2) is 18.3 Å². The molecule has 0 saturated carbocycles. The number of rotatable bonds is 5. The molecule has 0 radical (unpaired) electrons. The first-order valence-corrected chi connectivity index (χ1v) is 8.98. The quantitative estimate of drug-likeness (QED) is 0.200. The summed E-state index contributed by atoms with van der Waals surface area (Å²) < 4.78 is 28.0. The van der Waals surface area contributed by atoms with Crippen molar-refractivity contribution in [3.05, 3.63) is 0 Å². The molecular formula is C15H18Cl3NO10. The minimum atomic E-state index is -2.32. The van der Waals surface area contributed by atoms with E-state index in [4.69, 9.17) is 63.9 Å². The summed E-state index contributed by atoms with van der Waals surface area (Å²) in [6.07, 6.45) is -8.20. The second-order valence-corrected chi connectivity index (χ2v) is 7.90. The molecule has 1 aliphatic rings. The van der Waals surface area contributed by atoms with Gasteiger partial charge in [-0.05, 0) is 0 Å². The Bertz CT molecular complexity index is 680. The minimum absolute atomic E-state index is 0.861. The van der Waals surface area contributed by atoms with Gasteiger partial charge in [0.1, 0.15) is 0 Å². The predicted octanol–water partition coefficient (Wildman–Crippen LogP) is 1.04. The molecule has 0 aliphatic carbocycles. The van der Waals surface area contributed by atoms with E-state index in [-0.39, 0.29) is 0 Å². The highest BCUT2D eigenvalue weighted by Gasteiger charge is 2.56. The van der Waals surface area contributed by atoms with Crippen LogP contribution >= 0.6 is 34.8 Å². The number of halogens is 3. The van der Waals surface area contributed by atoms with Crippen molar-refractivity contribution < 1.29 is 47.6 Å². The molecular weight excluding hydrogens is 461 g/mol. The summed E-state index contributed by atoms with van der Waals surface area (Å²) in [5.74, 6) is -4.59. The lowest BCUT2D eigenvalue weighted by atomic mass is 9.97. The fraction of sp³-hybridized carbons (Fsp3) is 0.667. The van der Waals surface area contributed by atoms with Gasteiger partial charge in [0, 0.05) is 20.8 Å².